The van der Waals surface area contributed by atoms with E-state index < -0.39 is 54.5 Å². The van der Waals surface area contributed by atoms with Crippen LogP contribution in [0.2, 0.25) is 0 Å². The molecule has 1 aromatic heterocycles. The molecule has 8 N–H and O–H groups in total. The lowest BCUT2D eigenvalue weighted by atomic mass is 10.0. The number of hydrogen-bond donors (Lipinski definition) is 8. The first-order valence-electron chi connectivity index (χ1n) is 11.9. The van der Waals surface area contributed by atoms with Crippen LogP contribution in [0, 0.1) is 0 Å². The number of para-hydroxylation sites is 1. The van der Waals surface area contributed by atoms with Crippen molar-refractivity contribution in [3.63, 3.8) is 0 Å². The third-order valence-electron chi connectivity index (χ3n) is 5.98. The summed E-state index contributed by atoms with van der Waals surface area (Å²) in [6.45, 7) is -0.830. The van der Waals surface area contributed by atoms with E-state index in [4.69, 9.17) is 5.73 Å². The molecule has 0 aliphatic rings. The Morgan fingerprint density at radius 2 is 1.42 bits per heavy atom. The van der Waals surface area contributed by atoms with Gasteiger partial charge in [-0.25, -0.2) is 4.79 Å². The van der Waals surface area contributed by atoms with Gasteiger partial charge in [0.1, 0.15) is 18.1 Å². The van der Waals surface area contributed by atoms with Crippen LogP contribution in [0.1, 0.15) is 11.1 Å². The summed E-state index contributed by atoms with van der Waals surface area (Å²) >= 11 is 4.04. The van der Waals surface area contributed by atoms with Gasteiger partial charge in [-0.05, 0) is 17.2 Å². The maximum absolute atomic E-state index is 13.5. The van der Waals surface area contributed by atoms with E-state index in [-0.39, 0.29) is 18.6 Å². The minimum atomic E-state index is -1.56. The Labute approximate surface area is 224 Å². The zero-order valence-electron chi connectivity index (χ0n) is 20.5. The highest BCUT2D eigenvalue weighted by Gasteiger charge is 2.31. The van der Waals surface area contributed by atoms with Gasteiger partial charge in [-0.2, -0.15) is 12.6 Å². The Kier molecular flexibility index (Phi) is 10.3. The largest absolute Gasteiger partial charge is 0.480 e. The average Bonchev–Trinajstić information content (AvgIpc) is 3.33. The van der Waals surface area contributed by atoms with Gasteiger partial charge in [0.25, 0.3) is 0 Å². The van der Waals surface area contributed by atoms with Gasteiger partial charge in [0.2, 0.25) is 17.7 Å². The van der Waals surface area contributed by atoms with E-state index >= 15 is 0 Å². The van der Waals surface area contributed by atoms with E-state index in [9.17, 15) is 29.4 Å². The Balaban J connectivity index is 1.88. The summed E-state index contributed by atoms with van der Waals surface area (Å²) in [6, 6.07) is 11.6. The van der Waals surface area contributed by atoms with Crippen molar-refractivity contribution in [1.29, 1.82) is 0 Å². The van der Waals surface area contributed by atoms with Crippen molar-refractivity contribution in [2.24, 2.45) is 5.73 Å². The van der Waals surface area contributed by atoms with Crippen molar-refractivity contribution in [2.75, 3.05) is 12.4 Å². The van der Waals surface area contributed by atoms with E-state index in [1.807, 2.05) is 30.3 Å². The summed E-state index contributed by atoms with van der Waals surface area (Å²) in [5, 5.41) is 27.0. The van der Waals surface area contributed by atoms with Gasteiger partial charge in [0.15, 0.2) is 0 Å². The van der Waals surface area contributed by atoms with Crippen molar-refractivity contribution < 1.29 is 29.4 Å². The van der Waals surface area contributed by atoms with Crippen molar-refractivity contribution in [1.82, 2.24) is 20.9 Å². The fraction of sp³-hybridized carbons (Fsp3) is 0.308. The number of amides is 3. The number of carbonyl (C=O) groups excluding carboxylic acids is 3. The number of fused-ring (bicyclic) bond motifs is 1. The minimum Gasteiger partial charge on any atom is -0.480 e. The molecule has 0 aliphatic heterocycles. The summed E-state index contributed by atoms with van der Waals surface area (Å²) < 4.78 is 0. The zero-order chi connectivity index (χ0) is 27.7. The molecule has 1 heterocycles. The lowest BCUT2D eigenvalue weighted by Crippen LogP contribution is -2.58. The molecule has 202 valence electrons. The Bertz CT molecular complexity index is 1270. The van der Waals surface area contributed by atoms with Gasteiger partial charge in [0, 0.05) is 35.7 Å². The normalized spacial score (nSPS) is 14.2. The smallest absolute Gasteiger partial charge is 0.328 e. The monoisotopic (exact) mass is 541 g/mol. The van der Waals surface area contributed by atoms with Crippen molar-refractivity contribution in [3.8, 4) is 0 Å². The van der Waals surface area contributed by atoms with Crippen LogP contribution in [0.25, 0.3) is 10.9 Å². The van der Waals surface area contributed by atoms with Gasteiger partial charge in [-0.1, -0.05) is 48.5 Å². The van der Waals surface area contributed by atoms with Crippen molar-refractivity contribution in [2.45, 2.75) is 37.0 Å². The van der Waals surface area contributed by atoms with Gasteiger partial charge < -0.3 is 36.9 Å². The third-order valence-corrected chi connectivity index (χ3v) is 6.37. The van der Waals surface area contributed by atoms with E-state index in [0.717, 1.165) is 16.5 Å². The van der Waals surface area contributed by atoms with Crippen LogP contribution in [0.4, 0.5) is 0 Å². The van der Waals surface area contributed by atoms with E-state index in [1.54, 1.807) is 30.5 Å². The number of carboxylic acids is 1. The molecule has 0 aliphatic carbocycles. The number of nitrogens with two attached hydrogens (primary N) is 1. The topological polar surface area (TPSA) is 187 Å². The highest BCUT2D eigenvalue weighted by atomic mass is 32.1. The third kappa shape index (κ3) is 7.57. The summed E-state index contributed by atoms with van der Waals surface area (Å²) in [6.07, 6.45) is 1.84. The SMILES string of the molecule is NC(CS)C(=O)NC(Cc1ccccc1)C(=O)NC(Cc1c[nH]c2ccccc12)C(=O)NC(CO)C(=O)O. The van der Waals surface area contributed by atoms with Gasteiger partial charge in [0.05, 0.1) is 12.6 Å². The molecule has 0 saturated carbocycles. The molecule has 4 unspecified atom stereocenters. The standard InChI is InChI=1S/C26H31N5O6S/c27-18(14-38)23(33)29-20(10-15-6-2-1-3-7-15)24(34)30-21(25(35)31-22(13-32)26(36)37)11-16-12-28-19-9-5-4-8-17(16)19/h1-9,12,18,20-22,28,32,38H,10-11,13-14,27H2,(H,29,33)(H,30,34)(H,31,35)(H,36,37). The first kappa shape index (κ1) is 28.7. The lowest BCUT2D eigenvalue weighted by Gasteiger charge is -2.25. The highest BCUT2D eigenvalue weighted by Crippen LogP contribution is 2.19. The molecule has 4 atom stereocenters. The second kappa shape index (κ2) is 13.6. The van der Waals surface area contributed by atoms with Gasteiger partial charge >= 0.3 is 5.97 Å². The number of rotatable bonds is 13. The molecule has 0 spiro atoms. The Hall–Kier alpha value is -3.87. The highest BCUT2D eigenvalue weighted by molar-refractivity contribution is 7.80. The number of aliphatic hydroxyl groups is 1. The molecule has 0 fully saturated rings. The molecule has 11 nitrogen and oxygen atoms in total. The zero-order valence-corrected chi connectivity index (χ0v) is 21.4. The van der Waals surface area contributed by atoms with E-state index in [2.05, 4.69) is 33.6 Å². The second-order valence-corrected chi connectivity index (χ2v) is 9.11. The fourth-order valence-electron chi connectivity index (χ4n) is 3.88. The summed E-state index contributed by atoms with van der Waals surface area (Å²) in [5.74, 6) is -3.41. The Morgan fingerprint density at radius 3 is 2.05 bits per heavy atom. The molecule has 2 aromatic carbocycles. The number of aromatic nitrogens is 1. The average molecular weight is 542 g/mol. The maximum atomic E-state index is 13.5. The number of aliphatic carboxylic acids is 1. The van der Waals surface area contributed by atoms with E-state index in [0.29, 0.717) is 5.56 Å². The first-order chi connectivity index (χ1) is 18.2. The molecule has 0 saturated heterocycles. The molecule has 3 rings (SSSR count). The van der Waals surface area contributed by atoms with E-state index in [1.165, 1.54) is 0 Å². The molecular weight excluding hydrogens is 510 g/mol. The van der Waals surface area contributed by atoms with Crippen molar-refractivity contribution in [3.05, 3.63) is 71.9 Å². The predicted molar refractivity (Wildman–Crippen MR) is 144 cm³/mol. The molecule has 0 radical (unpaired) electrons. The predicted octanol–water partition coefficient (Wildman–Crippen LogP) is -0.258. The molecule has 38 heavy (non-hydrogen) atoms. The van der Waals surface area contributed by atoms with Crippen LogP contribution in [-0.2, 0) is 32.0 Å². The van der Waals surface area contributed by atoms with Crippen LogP contribution < -0.4 is 21.7 Å². The number of aliphatic hydroxyl groups excluding tert-OH is 1. The van der Waals surface area contributed by atoms with Gasteiger partial charge in [-0.15, -0.1) is 0 Å². The molecule has 0 bridgehead atoms. The summed E-state index contributed by atoms with van der Waals surface area (Å²) in [4.78, 5) is 53.6. The van der Waals surface area contributed by atoms with Crippen LogP contribution >= 0.6 is 12.6 Å². The number of aromatic amines is 1. The first-order valence-corrected chi connectivity index (χ1v) is 12.6. The van der Waals surface area contributed by atoms with Crippen LogP contribution in [-0.4, -0.2) is 75.4 Å². The van der Waals surface area contributed by atoms with Crippen LogP contribution in [0.5, 0.6) is 0 Å². The molecule has 3 amide bonds. The number of benzene rings is 2. The number of carbonyl (C=O) groups is 4. The second-order valence-electron chi connectivity index (χ2n) is 8.75. The number of carboxylic acid groups (broad SMARTS) is 1. The fourth-order valence-corrected chi connectivity index (χ4v) is 4.05. The van der Waals surface area contributed by atoms with Gasteiger partial charge in [-0.3, -0.25) is 14.4 Å². The minimum absolute atomic E-state index is 0.0154. The maximum Gasteiger partial charge on any atom is 0.328 e. The Morgan fingerprint density at radius 1 is 0.842 bits per heavy atom. The number of nitrogens with one attached hydrogen (secondary N) is 4. The number of H-pyrrole nitrogens is 1. The number of hydrogen-bond acceptors (Lipinski definition) is 7. The van der Waals surface area contributed by atoms with Crippen LogP contribution in [0.3, 0.4) is 0 Å². The quantitative estimate of drug-likeness (QED) is 0.137. The number of thiol groups is 1. The molecular formula is C26H31N5O6S. The lowest BCUT2D eigenvalue weighted by molar-refractivity contribution is -0.143. The molecule has 3 aromatic rings. The summed E-state index contributed by atoms with van der Waals surface area (Å²) in [7, 11) is 0. The molecule has 12 heteroatoms. The van der Waals surface area contributed by atoms with Crippen LogP contribution in [0.15, 0.2) is 60.8 Å². The van der Waals surface area contributed by atoms with Crippen molar-refractivity contribution >= 4 is 47.2 Å². The summed E-state index contributed by atoms with van der Waals surface area (Å²) in [5.41, 5.74) is 8.07.